The highest BCUT2D eigenvalue weighted by molar-refractivity contribution is 5.89. The van der Waals surface area contributed by atoms with E-state index < -0.39 is 5.97 Å². The molecule has 0 aliphatic heterocycles. The van der Waals surface area contributed by atoms with E-state index in [1.807, 2.05) is 24.3 Å². The molecule has 2 rings (SSSR count). The summed E-state index contributed by atoms with van der Waals surface area (Å²) in [5.41, 5.74) is 0.841. The van der Waals surface area contributed by atoms with Gasteiger partial charge in [-0.15, -0.1) is 0 Å². The Balaban J connectivity index is 1.71. The number of esters is 1. The van der Waals surface area contributed by atoms with Gasteiger partial charge in [-0.3, -0.25) is 4.79 Å². The smallest absolute Gasteiger partial charge is 0.331 e. The first-order valence-electron chi connectivity index (χ1n) is 8.15. The zero-order valence-electron chi connectivity index (χ0n) is 13.7. The van der Waals surface area contributed by atoms with Gasteiger partial charge in [-0.25, -0.2) is 4.79 Å². The second-order valence-electron chi connectivity index (χ2n) is 5.66. The van der Waals surface area contributed by atoms with Gasteiger partial charge in [-0.2, -0.15) is 0 Å². The molecular formula is C19H23NO4. The third-order valence-corrected chi connectivity index (χ3v) is 3.73. The van der Waals surface area contributed by atoms with Crippen molar-refractivity contribution in [2.24, 2.45) is 0 Å². The third kappa shape index (κ3) is 6.28. The molecule has 0 saturated heterocycles. The molecule has 1 aliphatic rings. The summed E-state index contributed by atoms with van der Waals surface area (Å²) in [6, 6.07) is 7.51. The van der Waals surface area contributed by atoms with Gasteiger partial charge in [-0.1, -0.05) is 37.6 Å². The van der Waals surface area contributed by atoms with E-state index in [0.29, 0.717) is 6.61 Å². The van der Waals surface area contributed by atoms with E-state index in [4.69, 9.17) is 9.47 Å². The van der Waals surface area contributed by atoms with Gasteiger partial charge in [0.05, 0.1) is 0 Å². The zero-order chi connectivity index (χ0) is 17.2. The van der Waals surface area contributed by atoms with E-state index in [0.717, 1.165) is 37.0 Å². The first-order chi connectivity index (χ1) is 11.7. The van der Waals surface area contributed by atoms with Crippen LogP contribution in [0.5, 0.6) is 5.75 Å². The van der Waals surface area contributed by atoms with Gasteiger partial charge in [0.1, 0.15) is 12.4 Å². The molecule has 0 aromatic heterocycles. The van der Waals surface area contributed by atoms with Gasteiger partial charge >= 0.3 is 5.97 Å². The number of hydrogen-bond acceptors (Lipinski definition) is 4. The minimum Gasteiger partial charge on any atom is -0.490 e. The van der Waals surface area contributed by atoms with Crippen LogP contribution in [-0.2, 0) is 14.3 Å². The van der Waals surface area contributed by atoms with Gasteiger partial charge in [0, 0.05) is 12.1 Å². The molecule has 5 nitrogen and oxygen atoms in total. The summed E-state index contributed by atoms with van der Waals surface area (Å²) >= 11 is 0. The average molecular weight is 329 g/mol. The molecule has 1 aromatic carbocycles. The SMILES string of the molecule is C=CCOc1ccc(/C=C/C(=O)OCC(=O)NC2CCCC2)cc1. The monoisotopic (exact) mass is 329 g/mol. The van der Waals surface area contributed by atoms with Crippen LogP contribution >= 0.6 is 0 Å². The van der Waals surface area contributed by atoms with Crippen LogP contribution < -0.4 is 10.1 Å². The van der Waals surface area contributed by atoms with E-state index in [9.17, 15) is 9.59 Å². The first-order valence-corrected chi connectivity index (χ1v) is 8.15. The standard InChI is InChI=1S/C19H23NO4/c1-2-13-23-17-10-7-15(8-11-17)9-12-19(22)24-14-18(21)20-16-5-3-4-6-16/h2,7-12,16H,1,3-6,13-14H2,(H,20,21)/b12-9+. The van der Waals surface area contributed by atoms with Gasteiger partial charge in [-0.05, 0) is 36.6 Å². The Labute approximate surface area is 142 Å². The highest BCUT2D eigenvalue weighted by Gasteiger charge is 2.17. The molecule has 1 saturated carbocycles. The lowest BCUT2D eigenvalue weighted by molar-refractivity contribution is -0.144. The normalized spacial score (nSPS) is 14.5. The predicted octanol–water partition coefficient (Wildman–Crippen LogP) is 2.87. The fourth-order valence-corrected chi connectivity index (χ4v) is 2.52. The molecule has 5 heteroatoms. The number of amides is 1. The van der Waals surface area contributed by atoms with Crippen molar-refractivity contribution in [2.45, 2.75) is 31.7 Å². The quantitative estimate of drug-likeness (QED) is 0.452. The second kappa shape index (κ2) is 9.55. The number of carbonyl (C=O) groups is 2. The lowest BCUT2D eigenvalue weighted by Gasteiger charge is -2.11. The molecule has 0 heterocycles. The Hall–Kier alpha value is -2.56. The maximum Gasteiger partial charge on any atom is 0.331 e. The van der Waals surface area contributed by atoms with Crippen molar-refractivity contribution in [3.05, 3.63) is 48.6 Å². The van der Waals surface area contributed by atoms with Crippen molar-refractivity contribution in [1.29, 1.82) is 0 Å². The maximum absolute atomic E-state index is 11.7. The fraction of sp³-hybridized carbons (Fsp3) is 0.368. The molecule has 24 heavy (non-hydrogen) atoms. The molecular weight excluding hydrogens is 306 g/mol. The maximum atomic E-state index is 11.7. The van der Waals surface area contributed by atoms with Crippen LogP contribution in [0.2, 0.25) is 0 Å². The van der Waals surface area contributed by atoms with Crippen molar-refractivity contribution >= 4 is 18.0 Å². The number of benzene rings is 1. The number of rotatable bonds is 8. The van der Waals surface area contributed by atoms with E-state index in [-0.39, 0.29) is 18.6 Å². The fourth-order valence-electron chi connectivity index (χ4n) is 2.52. The summed E-state index contributed by atoms with van der Waals surface area (Å²) in [5, 5.41) is 2.87. The highest BCUT2D eigenvalue weighted by Crippen LogP contribution is 2.17. The first kappa shape index (κ1) is 17.8. The van der Waals surface area contributed by atoms with Crippen LogP contribution in [0.3, 0.4) is 0 Å². The summed E-state index contributed by atoms with van der Waals surface area (Å²) in [4.78, 5) is 23.3. The summed E-state index contributed by atoms with van der Waals surface area (Å²) < 4.78 is 10.3. The molecule has 0 atom stereocenters. The van der Waals surface area contributed by atoms with Crippen LogP contribution in [0.4, 0.5) is 0 Å². The molecule has 1 amide bonds. The topological polar surface area (TPSA) is 64.6 Å². The van der Waals surface area contributed by atoms with Gasteiger partial charge in [0.15, 0.2) is 6.61 Å². The molecule has 0 unspecified atom stereocenters. The van der Waals surface area contributed by atoms with Crippen molar-refractivity contribution < 1.29 is 19.1 Å². The number of ether oxygens (including phenoxy) is 2. The number of nitrogens with one attached hydrogen (secondary N) is 1. The Morgan fingerprint density at radius 3 is 2.58 bits per heavy atom. The van der Waals surface area contributed by atoms with Crippen LogP contribution in [0.1, 0.15) is 31.2 Å². The average Bonchev–Trinajstić information content (AvgIpc) is 3.10. The van der Waals surface area contributed by atoms with Gasteiger partial charge < -0.3 is 14.8 Å². The van der Waals surface area contributed by atoms with E-state index in [1.54, 1.807) is 12.2 Å². The summed E-state index contributed by atoms with van der Waals surface area (Å²) in [5.74, 6) is -0.0471. The molecule has 1 fully saturated rings. The molecule has 1 N–H and O–H groups in total. The van der Waals surface area contributed by atoms with Crippen LogP contribution in [0.15, 0.2) is 43.0 Å². The number of hydrogen-bond donors (Lipinski definition) is 1. The molecule has 0 radical (unpaired) electrons. The molecule has 128 valence electrons. The minimum absolute atomic E-state index is 0.230. The summed E-state index contributed by atoms with van der Waals surface area (Å²) in [7, 11) is 0. The van der Waals surface area contributed by atoms with Crippen molar-refractivity contribution in [1.82, 2.24) is 5.32 Å². The van der Waals surface area contributed by atoms with Crippen LogP contribution in [0, 0.1) is 0 Å². The zero-order valence-corrected chi connectivity index (χ0v) is 13.7. The van der Waals surface area contributed by atoms with Crippen molar-refractivity contribution in [2.75, 3.05) is 13.2 Å². The van der Waals surface area contributed by atoms with Crippen molar-refractivity contribution in [3.63, 3.8) is 0 Å². The van der Waals surface area contributed by atoms with Crippen LogP contribution in [0.25, 0.3) is 6.08 Å². The van der Waals surface area contributed by atoms with Crippen LogP contribution in [-0.4, -0.2) is 31.1 Å². The Bertz CT molecular complexity index is 586. The lowest BCUT2D eigenvalue weighted by atomic mass is 10.2. The predicted molar refractivity (Wildman–Crippen MR) is 92.5 cm³/mol. The van der Waals surface area contributed by atoms with E-state index in [2.05, 4.69) is 11.9 Å². The molecule has 1 aromatic rings. The van der Waals surface area contributed by atoms with E-state index in [1.165, 1.54) is 6.08 Å². The Kier molecular flexibility index (Phi) is 7.08. The molecule has 0 spiro atoms. The Morgan fingerprint density at radius 1 is 1.21 bits per heavy atom. The van der Waals surface area contributed by atoms with Crippen molar-refractivity contribution in [3.8, 4) is 5.75 Å². The van der Waals surface area contributed by atoms with Gasteiger partial charge in [0.2, 0.25) is 0 Å². The summed E-state index contributed by atoms with van der Waals surface area (Å²) in [6.45, 7) is 3.79. The molecule has 1 aliphatic carbocycles. The molecule has 0 bridgehead atoms. The lowest BCUT2D eigenvalue weighted by Crippen LogP contribution is -2.35. The van der Waals surface area contributed by atoms with E-state index >= 15 is 0 Å². The third-order valence-electron chi connectivity index (χ3n) is 3.73. The second-order valence-corrected chi connectivity index (χ2v) is 5.66. The largest absolute Gasteiger partial charge is 0.490 e. The minimum atomic E-state index is -0.538. The summed E-state index contributed by atoms with van der Waals surface area (Å²) in [6.07, 6.45) is 8.91. The van der Waals surface area contributed by atoms with Gasteiger partial charge in [0.25, 0.3) is 5.91 Å². The Morgan fingerprint density at radius 2 is 1.92 bits per heavy atom. The highest BCUT2D eigenvalue weighted by atomic mass is 16.5. The number of carbonyl (C=O) groups excluding carboxylic acids is 2.